The van der Waals surface area contributed by atoms with Crippen LogP contribution in [0.5, 0.6) is 0 Å². The van der Waals surface area contributed by atoms with Gasteiger partial charge < -0.3 is 4.42 Å². The molecule has 26 heavy (non-hydrogen) atoms. The fraction of sp³-hybridized carbons (Fsp3) is 0.190. The topological polar surface area (TPSA) is 65.1 Å². The number of aromatic nitrogens is 2. The highest BCUT2D eigenvalue weighted by atomic mass is 16.4. The van der Waals surface area contributed by atoms with Gasteiger partial charge in [-0.25, -0.2) is 9.78 Å². The summed E-state index contributed by atoms with van der Waals surface area (Å²) < 4.78 is 6.87. The van der Waals surface area contributed by atoms with E-state index < -0.39 is 5.63 Å². The zero-order valence-corrected chi connectivity index (χ0v) is 14.9. The lowest BCUT2D eigenvalue weighted by Crippen LogP contribution is -2.22. The Balaban J connectivity index is 1.92. The van der Waals surface area contributed by atoms with Gasteiger partial charge in [0.2, 0.25) is 0 Å². The lowest BCUT2D eigenvalue weighted by Gasteiger charge is -2.11. The van der Waals surface area contributed by atoms with Crippen molar-refractivity contribution in [1.29, 1.82) is 0 Å². The second kappa shape index (κ2) is 5.95. The van der Waals surface area contributed by atoms with Crippen molar-refractivity contribution in [2.24, 2.45) is 0 Å². The summed E-state index contributed by atoms with van der Waals surface area (Å²) in [7, 11) is 0. The number of para-hydroxylation sites is 1. The van der Waals surface area contributed by atoms with E-state index in [4.69, 9.17) is 4.42 Å². The first-order valence-corrected chi connectivity index (χ1v) is 8.43. The van der Waals surface area contributed by atoms with Crippen LogP contribution in [0.3, 0.4) is 0 Å². The second-order valence-electron chi connectivity index (χ2n) is 6.67. The van der Waals surface area contributed by atoms with E-state index in [9.17, 15) is 9.59 Å². The van der Waals surface area contributed by atoms with Gasteiger partial charge in [-0.05, 0) is 61.2 Å². The molecule has 2 aromatic carbocycles. The number of hydrogen-bond donors (Lipinski definition) is 0. The molecule has 0 aliphatic carbocycles. The number of nitrogens with zero attached hydrogens (tertiary/aromatic N) is 2. The van der Waals surface area contributed by atoms with Crippen LogP contribution in [0.25, 0.3) is 21.9 Å². The van der Waals surface area contributed by atoms with Gasteiger partial charge >= 0.3 is 5.63 Å². The molecule has 4 rings (SSSR count). The van der Waals surface area contributed by atoms with Crippen molar-refractivity contribution in [3.8, 4) is 0 Å². The Labute approximate surface area is 149 Å². The predicted molar refractivity (Wildman–Crippen MR) is 102 cm³/mol. The molecule has 2 aromatic heterocycles. The number of hydrogen-bond acceptors (Lipinski definition) is 4. The Bertz CT molecular complexity index is 1280. The molecule has 5 heteroatoms. The summed E-state index contributed by atoms with van der Waals surface area (Å²) in [5, 5.41) is 1.41. The first-order valence-electron chi connectivity index (χ1n) is 8.43. The molecule has 0 spiro atoms. The largest absolute Gasteiger partial charge is 0.423 e. The Hall–Kier alpha value is -3.21. The molecule has 0 bridgehead atoms. The highest BCUT2D eigenvalue weighted by Gasteiger charge is 2.11. The van der Waals surface area contributed by atoms with E-state index in [0.29, 0.717) is 16.5 Å². The van der Waals surface area contributed by atoms with Gasteiger partial charge in [-0.1, -0.05) is 12.1 Å². The summed E-state index contributed by atoms with van der Waals surface area (Å²) >= 11 is 0. The Kier molecular flexibility index (Phi) is 3.72. The number of benzene rings is 2. The molecular weight excluding hydrogens is 328 g/mol. The number of aryl methyl sites for hydroxylation is 3. The van der Waals surface area contributed by atoms with E-state index in [2.05, 4.69) is 4.98 Å². The molecule has 0 aliphatic heterocycles. The quantitative estimate of drug-likeness (QED) is 0.521. The fourth-order valence-corrected chi connectivity index (χ4v) is 3.25. The molecule has 2 heterocycles. The van der Waals surface area contributed by atoms with Crippen LogP contribution in [0.1, 0.15) is 22.3 Å². The van der Waals surface area contributed by atoms with Gasteiger partial charge in [-0.3, -0.25) is 9.36 Å². The molecule has 0 N–H and O–H groups in total. The molecule has 4 aromatic rings. The van der Waals surface area contributed by atoms with Crippen LogP contribution in [0.4, 0.5) is 0 Å². The van der Waals surface area contributed by atoms with Gasteiger partial charge in [0.1, 0.15) is 5.58 Å². The standard InChI is InChI=1S/C21H18N2O3/c1-12-5-4-6-16-20(12)22-11-23(21(16)25)10-15-9-19(24)26-18-8-14(3)13(2)7-17(15)18/h4-9,11H,10H2,1-3H3. The molecular formula is C21H18N2O3. The molecule has 0 aliphatic rings. The third-order valence-corrected chi connectivity index (χ3v) is 4.84. The first-order chi connectivity index (χ1) is 12.4. The SMILES string of the molecule is Cc1cc2oc(=O)cc(Cn3cnc4c(C)cccc4c3=O)c2cc1C. The third-order valence-electron chi connectivity index (χ3n) is 4.84. The van der Waals surface area contributed by atoms with E-state index in [1.165, 1.54) is 10.6 Å². The molecule has 0 atom stereocenters. The van der Waals surface area contributed by atoms with Crippen molar-refractivity contribution in [2.75, 3.05) is 0 Å². The summed E-state index contributed by atoms with van der Waals surface area (Å²) in [5.41, 5.74) is 4.56. The molecule has 0 saturated heterocycles. The molecule has 0 saturated carbocycles. The van der Waals surface area contributed by atoms with E-state index in [1.54, 1.807) is 12.4 Å². The lowest BCUT2D eigenvalue weighted by atomic mass is 10.0. The highest BCUT2D eigenvalue weighted by molar-refractivity contribution is 5.82. The minimum atomic E-state index is -0.423. The van der Waals surface area contributed by atoms with Crippen molar-refractivity contribution in [3.63, 3.8) is 0 Å². The van der Waals surface area contributed by atoms with Crippen LogP contribution >= 0.6 is 0 Å². The normalized spacial score (nSPS) is 11.3. The van der Waals surface area contributed by atoms with Gasteiger partial charge in [0.25, 0.3) is 5.56 Å². The Morgan fingerprint density at radius 2 is 1.73 bits per heavy atom. The summed E-state index contributed by atoms with van der Waals surface area (Å²) in [6, 6.07) is 10.9. The summed E-state index contributed by atoms with van der Waals surface area (Å²) in [6.45, 7) is 6.18. The van der Waals surface area contributed by atoms with Crippen LogP contribution in [0.15, 0.2) is 56.7 Å². The van der Waals surface area contributed by atoms with Crippen LogP contribution in [-0.4, -0.2) is 9.55 Å². The minimum absolute atomic E-state index is 0.121. The maximum Gasteiger partial charge on any atom is 0.336 e. The fourth-order valence-electron chi connectivity index (χ4n) is 3.25. The second-order valence-corrected chi connectivity index (χ2v) is 6.67. The van der Waals surface area contributed by atoms with E-state index in [-0.39, 0.29) is 12.1 Å². The van der Waals surface area contributed by atoms with E-state index in [1.807, 2.05) is 45.0 Å². The zero-order chi connectivity index (χ0) is 18.4. The zero-order valence-electron chi connectivity index (χ0n) is 14.9. The van der Waals surface area contributed by atoms with Crippen molar-refractivity contribution < 1.29 is 4.42 Å². The average Bonchev–Trinajstić information content (AvgIpc) is 2.59. The van der Waals surface area contributed by atoms with Crippen molar-refractivity contribution in [1.82, 2.24) is 9.55 Å². The van der Waals surface area contributed by atoms with Crippen LogP contribution in [0, 0.1) is 20.8 Å². The third kappa shape index (κ3) is 2.62. The summed E-state index contributed by atoms with van der Waals surface area (Å²) in [4.78, 5) is 29.2. The number of rotatable bonds is 2. The van der Waals surface area contributed by atoms with Crippen LogP contribution in [-0.2, 0) is 6.54 Å². The Morgan fingerprint density at radius 3 is 2.54 bits per heavy atom. The van der Waals surface area contributed by atoms with Gasteiger partial charge in [0.15, 0.2) is 0 Å². The van der Waals surface area contributed by atoms with E-state index in [0.717, 1.165) is 27.6 Å². The maximum absolute atomic E-state index is 12.8. The first kappa shape index (κ1) is 16.3. The Morgan fingerprint density at radius 1 is 0.962 bits per heavy atom. The summed E-state index contributed by atoms with van der Waals surface area (Å²) in [6.07, 6.45) is 1.54. The molecule has 0 radical (unpaired) electrons. The molecule has 5 nitrogen and oxygen atoms in total. The monoisotopic (exact) mass is 346 g/mol. The smallest absolute Gasteiger partial charge is 0.336 e. The molecule has 0 fully saturated rings. The summed E-state index contributed by atoms with van der Waals surface area (Å²) in [5.74, 6) is 0. The number of fused-ring (bicyclic) bond motifs is 2. The molecule has 0 unspecified atom stereocenters. The maximum atomic E-state index is 12.8. The van der Waals surface area contributed by atoms with Gasteiger partial charge in [-0.2, -0.15) is 0 Å². The predicted octanol–water partition coefficient (Wildman–Crippen LogP) is 3.48. The van der Waals surface area contributed by atoms with Crippen LogP contribution < -0.4 is 11.2 Å². The van der Waals surface area contributed by atoms with Gasteiger partial charge in [0, 0.05) is 11.5 Å². The average molecular weight is 346 g/mol. The molecule has 130 valence electrons. The van der Waals surface area contributed by atoms with Crippen molar-refractivity contribution in [3.05, 3.63) is 85.8 Å². The van der Waals surface area contributed by atoms with Gasteiger partial charge in [-0.15, -0.1) is 0 Å². The lowest BCUT2D eigenvalue weighted by molar-refractivity contribution is 0.557. The van der Waals surface area contributed by atoms with Crippen LogP contribution in [0.2, 0.25) is 0 Å². The highest BCUT2D eigenvalue weighted by Crippen LogP contribution is 2.22. The van der Waals surface area contributed by atoms with E-state index >= 15 is 0 Å². The minimum Gasteiger partial charge on any atom is -0.423 e. The molecule has 0 amide bonds. The van der Waals surface area contributed by atoms with Gasteiger partial charge in [0.05, 0.1) is 23.8 Å². The van der Waals surface area contributed by atoms with Crippen molar-refractivity contribution >= 4 is 21.9 Å². The van der Waals surface area contributed by atoms with Crippen molar-refractivity contribution in [2.45, 2.75) is 27.3 Å².